The molecule has 6 unspecified atom stereocenters. The molecule has 1 heterocycles. The number of unbranched alkanes of at least 4 members (excludes halogenated alkanes) is 39. The molecule has 440 valence electrons. The zero-order chi connectivity index (χ0) is 54.7. The average molecular weight is 1070 g/mol. The highest BCUT2D eigenvalue weighted by molar-refractivity contribution is 5.74. The first-order valence-corrected chi connectivity index (χ1v) is 31.7. The van der Waals surface area contributed by atoms with Crippen LogP contribution in [0.25, 0.3) is 0 Å². The molecule has 0 aliphatic carbocycles. The average Bonchev–Trinajstić information content (AvgIpc) is 3.39. The molecule has 1 saturated heterocycles. The Morgan fingerprint density at radius 2 is 0.760 bits per heavy atom. The summed E-state index contributed by atoms with van der Waals surface area (Å²) in [6, 6.07) is 0. The van der Waals surface area contributed by atoms with Gasteiger partial charge in [-0.1, -0.05) is 264 Å². The Labute approximate surface area is 458 Å². The fraction of sp³-hybridized carbons (Fsp3) is 0.905. The van der Waals surface area contributed by atoms with Crippen LogP contribution in [0, 0.1) is 0 Å². The van der Waals surface area contributed by atoms with Crippen LogP contribution in [0.2, 0.25) is 0 Å². The Morgan fingerprint density at radius 3 is 1.15 bits per heavy atom. The summed E-state index contributed by atoms with van der Waals surface area (Å²) < 4.78 is 28.5. The second-order valence-corrected chi connectivity index (χ2v) is 22.1. The van der Waals surface area contributed by atoms with Crippen LogP contribution in [0.15, 0.2) is 12.2 Å². The number of carbonyl (C=O) groups is 4. The molecular weight excluding hydrogens is 949 g/mol. The van der Waals surface area contributed by atoms with Gasteiger partial charge in [0, 0.05) is 19.3 Å². The van der Waals surface area contributed by atoms with Gasteiger partial charge in [-0.05, 0) is 44.9 Å². The molecule has 0 saturated carbocycles. The van der Waals surface area contributed by atoms with Crippen molar-refractivity contribution in [3.8, 4) is 0 Å². The van der Waals surface area contributed by atoms with E-state index in [1.807, 2.05) is 0 Å². The van der Waals surface area contributed by atoms with Gasteiger partial charge in [0.2, 0.25) is 0 Å². The van der Waals surface area contributed by atoms with Gasteiger partial charge < -0.3 is 39.0 Å². The number of carboxylic acid groups (broad SMARTS) is 1. The number of aliphatic hydroxyl groups is 2. The SMILES string of the molecule is CCCCCC/C=C\CCCCCCCC(=O)OC(COC(=O)CCCCCCCCCCCCCCCCCCCCC)COC1OC(C(=O)O)C(O)C(O)C1OC(=O)CCCCCCCCCCCCCCC. The summed E-state index contributed by atoms with van der Waals surface area (Å²) in [5.41, 5.74) is 0. The third-order valence-corrected chi connectivity index (χ3v) is 14.8. The molecule has 1 fully saturated rings. The zero-order valence-electron chi connectivity index (χ0n) is 48.6. The van der Waals surface area contributed by atoms with E-state index in [1.54, 1.807) is 0 Å². The number of allylic oxidation sites excluding steroid dienone is 2. The van der Waals surface area contributed by atoms with E-state index in [-0.39, 0.29) is 25.9 Å². The Bertz CT molecular complexity index is 1360. The molecule has 1 aliphatic heterocycles. The second-order valence-electron chi connectivity index (χ2n) is 22.1. The van der Waals surface area contributed by atoms with Crippen molar-refractivity contribution in [1.82, 2.24) is 0 Å². The summed E-state index contributed by atoms with van der Waals surface area (Å²) >= 11 is 0. The van der Waals surface area contributed by atoms with Gasteiger partial charge in [0.1, 0.15) is 18.8 Å². The lowest BCUT2D eigenvalue weighted by molar-refractivity contribution is -0.301. The van der Waals surface area contributed by atoms with Gasteiger partial charge in [-0.15, -0.1) is 0 Å². The highest BCUT2D eigenvalue weighted by Crippen LogP contribution is 2.27. The van der Waals surface area contributed by atoms with Crippen LogP contribution in [-0.4, -0.2) is 89.2 Å². The van der Waals surface area contributed by atoms with Gasteiger partial charge >= 0.3 is 23.9 Å². The van der Waals surface area contributed by atoms with E-state index in [0.29, 0.717) is 19.3 Å². The Kier molecular flexibility index (Phi) is 49.0. The summed E-state index contributed by atoms with van der Waals surface area (Å²) in [4.78, 5) is 51.2. The smallest absolute Gasteiger partial charge is 0.335 e. The first-order valence-electron chi connectivity index (χ1n) is 31.7. The molecule has 0 aromatic heterocycles. The van der Waals surface area contributed by atoms with Crippen LogP contribution >= 0.6 is 0 Å². The number of aliphatic hydroxyl groups excluding tert-OH is 2. The lowest BCUT2D eigenvalue weighted by Gasteiger charge is -2.40. The van der Waals surface area contributed by atoms with E-state index >= 15 is 0 Å². The summed E-state index contributed by atoms with van der Waals surface area (Å²) in [6.45, 7) is 6.02. The summed E-state index contributed by atoms with van der Waals surface area (Å²) in [5, 5.41) is 31.5. The van der Waals surface area contributed by atoms with Crippen molar-refractivity contribution < 1.29 is 58.2 Å². The molecule has 12 heteroatoms. The van der Waals surface area contributed by atoms with E-state index in [4.69, 9.17) is 23.7 Å². The first kappa shape index (κ1) is 70.5. The van der Waals surface area contributed by atoms with Crippen molar-refractivity contribution in [2.24, 2.45) is 0 Å². The molecule has 1 rings (SSSR count). The van der Waals surface area contributed by atoms with Gasteiger partial charge in [-0.2, -0.15) is 0 Å². The number of hydrogen-bond donors (Lipinski definition) is 3. The summed E-state index contributed by atoms with van der Waals surface area (Å²) in [7, 11) is 0. The van der Waals surface area contributed by atoms with E-state index in [9.17, 15) is 34.5 Å². The molecule has 0 aromatic rings. The van der Waals surface area contributed by atoms with Gasteiger partial charge in [0.25, 0.3) is 0 Å². The van der Waals surface area contributed by atoms with Crippen molar-refractivity contribution in [2.75, 3.05) is 13.2 Å². The molecule has 0 bridgehead atoms. The predicted molar refractivity (Wildman–Crippen MR) is 304 cm³/mol. The normalized spacial score (nSPS) is 18.1. The van der Waals surface area contributed by atoms with Crippen molar-refractivity contribution >= 4 is 23.9 Å². The number of rotatable bonds is 55. The standard InChI is InChI=1S/C63H116O12/c1-4-7-10-13-16-19-22-25-26-27-28-29-30-33-34-37-40-43-46-49-55(64)71-52-54(73-56(65)50-47-44-41-38-35-31-23-20-17-14-11-8-5-2)53-72-63-61(59(68)58(67)60(75-63)62(69)70)74-57(66)51-48-45-42-39-36-32-24-21-18-15-12-9-6-3/h20,23,54,58-61,63,67-68H,4-19,21-22,24-53H2,1-3H3,(H,69,70)/b23-20-. The molecule has 0 spiro atoms. The van der Waals surface area contributed by atoms with Gasteiger partial charge in [0.05, 0.1) is 6.61 Å². The third kappa shape index (κ3) is 42.1. The molecule has 1 aliphatic rings. The number of aliphatic carboxylic acids is 1. The second kappa shape index (κ2) is 52.2. The minimum Gasteiger partial charge on any atom is -0.479 e. The van der Waals surface area contributed by atoms with Crippen LogP contribution in [0.1, 0.15) is 316 Å². The number of esters is 3. The topological polar surface area (TPSA) is 175 Å². The number of carboxylic acids is 1. The molecule has 75 heavy (non-hydrogen) atoms. The number of hydrogen-bond acceptors (Lipinski definition) is 11. The van der Waals surface area contributed by atoms with E-state index in [0.717, 1.165) is 77.0 Å². The van der Waals surface area contributed by atoms with Gasteiger partial charge in [-0.3, -0.25) is 14.4 Å². The van der Waals surface area contributed by atoms with E-state index in [2.05, 4.69) is 32.9 Å². The van der Waals surface area contributed by atoms with Crippen molar-refractivity contribution in [2.45, 2.75) is 353 Å². The molecule has 3 N–H and O–H groups in total. The van der Waals surface area contributed by atoms with Crippen LogP contribution in [0.3, 0.4) is 0 Å². The molecule has 0 aromatic carbocycles. The Hall–Kier alpha value is -2.54. The van der Waals surface area contributed by atoms with Crippen LogP contribution < -0.4 is 0 Å². The molecule has 6 atom stereocenters. The fourth-order valence-corrected chi connectivity index (χ4v) is 9.95. The number of ether oxygens (including phenoxy) is 5. The zero-order valence-corrected chi connectivity index (χ0v) is 48.6. The van der Waals surface area contributed by atoms with Gasteiger partial charge in [0.15, 0.2) is 24.6 Å². The van der Waals surface area contributed by atoms with Crippen LogP contribution in [0.5, 0.6) is 0 Å². The minimum absolute atomic E-state index is 0.0676. The highest BCUT2D eigenvalue weighted by Gasteiger charge is 2.50. The largest absolute Gasteiger partial charge is 0.479 e. The maximum absolute atomic E-state index is 13.1. The van der Waals surface area contributed by atoms with E-state index < -0.39 is 67.3 Å². The fourth-order valence-electron chi connectivity index (χ4n) is 9.95. The maximum Gasteiger partial charge on any atom is 0.335 e. The molecular formula is C63H116O12. The predicted octanol–water partition coefficient (Wildman–Crippen LogP) is 16.5. The van der Waals surface area contributed by atoms with Crippen molar-refractivity contribution in [3.05, 3.63) is 12.2 Å². The quantitative estimate of drug-likeness (QED) is 0.0228. The Balaban J connectivity index is 2.63. The molecule has 0 amide bonds. The molecule has 0 radical (unpaired) electrons. The monoisotopic (exact) mass is 1060 g/mol. The lowest BCUT2D eigenvalue weighted by atomic mass is 9.98. The third-order valence-electron chi connectivity index (χ3n) is 14.8. The van der Waals surface area contributed by atoms with E-state index in [1.165, 1.54) is 180 Å². The lowest BCUT2D eigenvalue weighted by Crippen LogP contribution is -2.61. The first-order chi connectivity index (χ1) is 36.6. The van der Waals surface area contributed by atoms with Crippen molar-refractivity contribution in [3.63, 3.8) is 0 Å². The highest BCUT2D eigenvalue weighted by atomic mass is 16.7. The minimum atomic E-state index is -1.90. The Morgan fingerprint density at radius 1 is 0.427 bits per heavy atom. The summed E-state index contributed by atoms with van der Waals surface area (Å²) in [5.74, 6) is -3.09. The maximum atomic E-state index is 13.1. The summed E-state index contributed by atoms with van der Waals surface area (Å²) in [6.07, 6.45) is 46.1. The van der Waals surface area contributed by atoms with Crippen LogP contribution in [-0.2, 0) is 42.9 Å². The van der Waals surface area contributed by atoms with Gasteiger partial charge in [-0.25, -0.2) is 4.79 Å². The van der Waals surface area contributed by atoms with Crippen LogP contribution in [0.4, 0.5) is 0 Å². The number of carbonyl (C=O) groups excluding carboxylic acids is 3. The molecule has 12 nitrogen and oxygen atoms in total. The van der Waals surface area contributed by atoms with Crippen molar-refractivity contribution in [1.29, 1.82) is 0 Å².